The molecule has 0 spiro atoms. The number of aromatic hydroxyl groups is 1. The number of ether oxygens (including phenoxy) is 2. The van der Waals surface area contributed by atoms with E-state index in [1.165, 1.54) is 68.8 Å². The highest BCUT2D eigenvalue weighted by molar-refractivity contribution is 6.59. The Bertz CT molecular complexity index is 1930. The highest BCUT2D eigenvalue weighted by atomic mass is 16.5. The summed E-state index contributed by atoms with van der Waals surface area (Å²) < 4.78 is 11.0. The number of phenolic OH excluding ortho intramolecular Hbond substituents is 1. The van der Waals surface area contributed by atoms with Gasteiger partial charge in [-0.15, -0.1) is 0 Å². The van der Waals surface area contributed by atoms with Crippen molar-refractivity contribution in [1.82, 2.24) is 0 Å². The maximum atomic E-state index is 14.4. The second-order valence-electron chi connectivity index (χ2n) is 12.7. The number of benzene rings is 3. The van der Waals surface area contributed by atoms with Gasteiger partial charge in [0.2, 0.25) is 23.6 Å². The van der Waals surface area contributed by atoms with Crippen LogP contribution in [0.3, 0.4) is 0 Å². The number of amides is 4. The van der Waals surface area contributed by atoms with Crippen molar-refractivity contribution in [1.29, 1.82) is 0 Å². The van der Waals surface area contributed by atoms with E-state index >= 15 is 0 Å². The molecule has 7 rings (SSSR count). The molecular weight excluding hydrogens is 634 g/mol. The van der Waals surface area contributed by atoms with Gasteiger partial charge in [0.25, 0.3) is 0 Å². The predicted molar refractivity (Wildman–Crippen MR) is 176 cm³/mol. The maximum absolute atomic E-state index is 14.4. The zero-order valence-electron chi connectivity index (χ0n) is 26.5. The first-order valence-corrected chi connectivity index (χ1v) is 15.8. The number of nitrogens with zero attached hydrogens (tertiary/aromatic N) is 2. The third-order valence-corrected chi connectivity index (χ3v) is 10.4. The molecule has 250 valence electrons. The lowest BCUT2D eigenvalue weighted by molar-refractivity contribution is -0.126. The Labute approximate surface area is 281 Å². The number of hydrogen-bond acceptors (Lipinski definition) is 11. The molecule has 13 nitrogen and oxygen atoms in total. The lowest BCUT2D eigenvalue weighted by Crippen LogP contribution is -2.43. The van der Waals surface area contributed by atoms with Crippen molar-refractivity contribution in [3.05, 3.63) is 77.9 Å². The van der Waals surface area contributed by atoms with E-state index in [1.807, 2.05) is 6.08 Å². The van der Waals surface area contributed by atoms with Crippen LogP contribution in [0, 0.1) is 29.6 Å². The van der Waals surface area contributed by atoms with Crippen LogP contribution >= 0.6 is 0 Å². The van der Waals surface area contributed by atoms with Gasteiger partial charge < -0.3 is 34.7 Å². The third-order valence-electron chi connectivity index (χ3n) is 10.4. The molecule has 3 aromatic carbocycles. The van der Waals surface area contributed by atoms with Crippen LogP contribution in [0.5, 0.6) is 17.2 Å². The Morgan fingerprint density at radius 2 is 1.27 bits per heavy atom. The zero-order valence-corrected chi connectivity index (χ0v) is 26.5. The molecule has 3 aromatic rings. The van der Waals surface area contributed by atoms with Gasteiger partial charge in [-0.2, -0.15) is 0 Å². The summed E-state index contributed by atoms with van der Waals surface area (Å²) in [6.07, 6.45) is 2.02. The molecule has 2 aliphatic carbocycles. The van der Waals surface area contributed by atoms with Gasteiger partial charge in [0.1, 0.15) is 17.2 Å². The highest BCUT2D eigenvalue weighted by Crippen LogP contribution is 2.60. The summed E-state index contributed by atoms with van der Waals surface area (Å²) in [7, 11) is -0.843. The molecule has 0 radical (unpaired) electrons. The first-order chi connectivity index (χ1) is 23.5. The van der Waals surface area contributed by atoms with Gasteiger partial charge in [-0.05, 0) is 54.0 Å². The number of phenols is 1. The molecule has 2 heterocycles. The van der Waals surface area contributed by atoms with Gasteiger partial charge in [-0.1, -0.05) is 35.9 Å². The summed E-state index contributed by atoms with van der Waals surface area (Å²) in [5.41, 5.74) is 1.34. The van der Waals surface area contributed by atoms with Crippen LogP contribution in [-0.2, 0) is 19.2 Å². The Morgan fingerprint density at radius 3 is 1.82 bits per heavy atom. The highest BCUT2D eigenvalue weighted by Gasteiger charge is 2.63. The van der Waals surface area contributed by atoms with Crippen molar-refractivity contribution >= 4 is 60.2 Å². The summed E-state index contributed by atoms with van der Waals surface area (Å²) in [4.78, 5) is 58.9. The minimum Gasteiger partial charge on any atom is -0.507 e. The first kappa shape index (κ1) is 32.6. The van der Waals surface area contributed by atoms with Gasteiger partial charge in [-0.3, -0.25) is 29.0 Å². The molecule has 4 aliphatic rings. The summed E-state index contributed by atoms with van der Waals surface area (Å²) >= 11 is 0. The Morgan fingerprint density at radius 1 is 0.694 bits per heavy atom. The molecule has 0 unspecified atom stereocenters. The smallest absolute Gasteiger partial charge is 0.488 e. The number of rotatable bonds is 7. The van der Waals surface area contributed by atoms with Crippen LogP contribution < -0.4 is 30.2 Å². The van der Waals surface area contributed by atoms with E-state index in [4.69, 9.17) is 9.47 Å². The average molecular weight is 666 g/mol. The Kier molecular flexibility index (Phi) is 8.10. The van der Waals surface area contributed by atoms with Crippen LogP contribution in [0.15, 0.2) is 72.3 Å². The quantitative estimate of drug-likeness (QED) is 0.128. The van der Waals surface area contributed by atoms with Crippen molar-refractivity contribution in [2.24, 2.45) is 29.6 Å². The predicted octanol–water partition coefficient (Wildman–Crippen LogP) is -0.186. The van der Waals surface area contributed by atoms with E-state index < -0.39 is 73.4 Å². The minimum absolute atomic E-state index is 0.0546. The molecule has 2 saturated heterocycles. The number of methoxy groups -OCH3 is 2. The molecule has 5 N–H and O–H groups in total. The van der Waals surface area contributed by atoms with Gasteiger partial charge in [0.05, 0.1) is 49.3 Å². The molecule has 3 fully saturated rings. The van der Waals surface area contributed by atoms with Crippen LogP contribution in [0.2, 0.25) is 0 Å². The van der Waals surface area contributed by atoms with E-state index in [0.29, 0.717) is 5.57 Å². The topological polar surface area (TPSA) is 194 Å². The number of carbonyl (C=O) groups excluding carboxylic acids is 4. The number of anilines is 2. The standard InChI is InChI=1S/C34H32B2N2O11/c1-48-20-13-25(39)30(26(14-20)49-2)28-21-9-10-22-27(33(42)37(31(22)40)18-7-3-5-16(11-18)35(44)45)23(21)15-24-29(28)34(43)38(32(24)41)19-8-4-6-17(12-19)36(46)47/h3-9,11-14,22-24,27-29,39,44-47H,10,15H2,1-2H3/t22-,23+,24+,27-,28-,29+/m0/s1. The Balaban J connectivity index is 1.36. The fourth-order valence-electron chi connectivity index (χ4n) is 8.25. The average Bonchev–Trinajstić information content (AvgIpc) is 3.50. The molecule has 0 aromatic heterocycles. The zero-order chi connectivity index (χ0) is 34.9. The van der Waals surface area contributed by atoms with Crippen molar-refractivity contribution in [2.75, 3.05) is 24.0 Å². The molecule has 6 atom stereocenters. The largest absolute Gasteiger partial charge is 0.507 e. The number of hydrogen-bond donors (Lipinski definition) is 5. The van der Waals surface area contributed by atoms with Gasteiger partial charge in [-0.25, -0.2) is 0 Å². The molecule has 0 bridgehead atoms. The maximum Gasteiger partial charge on any atom is 0.488 e. The second kappa shape index (κ2) is 12.2. The lowest BCUT2D eigenvalue weighted by atomic mass is 9.57. The van der Waals surface area contributed by atoms with Gasteiger partial charge in [0, 0.05) is 23.6 Å². The van der Waals surface area contributed by atoms with E-state index in [9.17, 15) is 44.4 Å². The van der Waals surface area contributed by atoms with Crippen molar-refractivity contribution in [2.45, 2.75) is 18.8 Å². The fraction of sp³-hybridized carbons (Fsp3) is 0.294. The monoisotopic (exact) mass is 666 g/mol. The third kappa shape index (κ3) is 5.03. The van der Waals surface area contributed by atoms with Crippen LogP contribution in [0.25, 0.3) is 0 Å². The van der Waals surface area contributed by atoms with Gasteiger partial charge >= 0.3 is 14.2 Å². The molecule has 4 amide bonds. The number of allylic oxidation sites excluding steroid dienone is 2. The van der Waals surface area contributed by atoms with E-state index in [2.05, 4.69) is 0 Å². The SMILES string of the molecule is COc1cc(O)c([C@H]2C3=CC[C@@H]4C(=O)N(c5cccc(B(O)O)c5)C(=O)[C@@H]4[C@@H]3C[C@H]3C(=O)N(c4cccc(B(O)O)c4)C(=O)[C@@H]23)c(OC)c1. The molecule has 2 aliphatic heterocycles. The van der Waals surface area contributed by atoms with Crippen LogP contribution in [0.4, 0.5) is 11.4 Å². The molecule has 1 saturated carbocycles. The summed E-state index contributed by atoms with van der Waals surface area (Å²) in [6.45, 7) is 0. The molecule has 15 heteroatoms. The van der Waals surface area contributed by atoms with Crippen molar-refractivity contribution in [3.63, 3.8) is 0 Å². The van der Waals surface area contributed by atoms with Crippen molar-refractivity contribution in [3.8, 4) is 17.2 Å². The fourth-order valence-corrected chi connectivity index (χ4v) is 8.25. The summed E-state index contributed by atoms with van der Waals surface area (Å²) in [5.74, 6) is -7.20. The molecular formula is C34H32B2N2O11. The van der Waals surface area contributed by atoms with E-state index in [1.54, 1.807) is 6.07 Å². The molecule has 49 heavy (non-hydrogen) atoms. The normalized spacial score (nSPS) is 25.9. The summed E-state index contributed by atoms with van der Waals surface area (Å²) in [6, 6.07) is 14.6. The number of imide groups is 2. The first-order valence-electron chi connectivity index (χ1n) is 15.8. The number of carbonyl (C=O) groups is 4. The second-order valence-corrected chi connectivity index (χ2v) is 12.7. The van der Waals surface area contributed by atoms with Crippen LogP contribution in [-0.4, -0.2) is 77.3 Å². The van der Waals surface area contributed by atoms with E-state index in [0.717, 1.165) is 9.80 Å². The number of fused-ring (bicyclic) bond motifs is 4. The Hall–Kier alpha value is -4.95. The van der Waals surface area contributed by atoms with E-state index in [-0.39, 0.29) is 58.0 Å². The minimum atomic E-state index is -1.84. The van der Waals surface area contributed by atoms with Crippen molar-refractivity contribution < 1.29 is 53.9 Å². The van der Waals surface area contributed by atoms with Gasteiger partial charge in [0.15, 0.2) is 0 Å². The van der Waals surface area contributed by atoms with Crippen LogP contribution in [0.1, 0.15) is 24.3 Å². The summed E-state index contributed by atoms with van der Waals surface area (Å²) in [5, 5.41) is 50.5. The lowest BCUT2D eigenvalue weighted by Gasteiger charge is -2.44.